The molecule has 0 aromatic heterocycles. The van der Waals surface area contributed by atoms with E-state index < -0.39 is 5.97 Å². The second-order valence-corrected chi connectivity index (χ2v) is 8.88. The van der Waals surface area contributed by atoms with Crippen molar-refractivity contribution in [1.82, 2.24) is 4.90 Å². The molecule has 1 heterocycles. The number of carbonyl (C=O) groups excluding carboxylic acids is 3. The zero-order valence-corrected chi connectivity index (χ0v) is 20.3. The fraction of sp³-hybridized carbons (Fsp3) is 0.462. The third-order valence-electron chi connectivity index (χ3n) is 6.29. The lowest BCUT2D eigenvalue weighted by molar-refractivity contribution is -0.459. The van der Waals surface area contributed by atoms with Gasteiger partial charge in [-0.25, -0.2) is 0 Å². The summed E-state index contributed by atoms with van der Waals surface area (Å²) in [5.41, 5.74) is 12.7. The molecule has 0 aliphatic carbocycles. The van der Waals surface area contributed by atoms with Gasteiger partial charge < -0.3 is 14.8 Å². The minimum Gasteiger partial charge on any atom is -0.550 e. The Morgan fingerprint density at radius 3 is 2.37 bits per heavy atom. The first-order chi connectivity index (χ1) is 16.8. The molecule has 0 atom stereocenters. The fourth-order valence-electron chi connectivity index (χ4n) is 4.58. The van der Waals surface area contributed by atoms with E-state index in [1.54, 1.807) is 12.1 Å². The Morgan fingerprint density at radius 1 is 0.971 bits per heavy atom. The predicted octanol–water partition coefficient (Wildman–Crippen LogP) is 0.0967. The van der Waals surface area contributed by atoms with Crippen LogP contribution >= 0.6 is 0 Å². The first kappa shape index (κ1) is 26.0. The normalized spacial score (nSPS) is 12.8. The molecule has 35 heavy (non-hydrogen) atoms. The molecule has 3 rings (SSSR count). The quantitative estimate of drug-likeness (QED) is 0.150. The summed E-state index contributed by atoms with van der Waals surface area (Å²) in [6.45, 7) is 4.19. The topological polar surface area (TPSA) is 147 Å². The Morgan fingerprint density at radius 2 is 1.69 bits per heavy atom. The molecule has 1 aliphatic heterocycles. The number of anilines is 1. The van der Waals surface area contributed by atoms with Gasteiger partial charge in [0, 0.05) is 53.2 Å². The number of amides is 2. The number of hydrogen-bond donors (Lipinski definition) is 3. The van der Waals surface area contributed by atoms with Crippen molar-refractivity contribution in [2.75, 3.05) is 31.1 Å². The van der Waals surface area contributed by atoms with E-state index in [0.717, 1.165) is 43.3 Å². The standard InChI is InChI=1S/C26H35N5O4/c1-2-3-4-5-15-30(16-7-11-22(32)33)21-13-12-20-23-18(21)9-6-10-19(23)24(34)31(25(20)35)17-8-14-29-26(27)28/h6,9-10,12-13H,2-5,7-8,11,14-17H2,1H3,(H,32,33)(H4,27,28,29). The van der Waals surface area contributed by atoms with E-state index in [9.17, 15) is 19.5 Å². The van der Waals surface area contributed by atoms with E-state index in [1.165, 1.54) is 4.90 Å². The van der Waals surface area contributed by atoms with Crippen molar-refractivity contribution in [3.63, 3.8) is 0 Å². The van der Waals surface area contributed by atoms with Gasteiger partial charge in [0.15, 0.2) is 0 Å². The average molecular weight is 482 g/mol. The number of carbonyl (C=O) groups is 3. The highest BCUT2D eigenvalue weighted by molar-refractivity contribution is 6.26. The van der Waals surface area contributed by atoms with Crippen LogP contribution in [-0.2, 0) is 4.79 Å². The molecule has 5 N–H and O–H groups in total. The van der Waals surface area contributed by atoms with Gasteiger partial charge in [0.2, 0.25) is 0 Å². The average Bonchev–Trinajstić information content (AvgIpc) is 2.83. The number of aliphatic carboxylic acids is 1. The van der Waals surface area contributed by atoms with Crippen LogP contribution in [0.4, 0.5) is 5.69 Å². The molecule has 2 aromatic carbocycles. The van der Waals surface area contributed by atoms with Gasteiger partial charge in [-0.05, 0) is 43.9 Å². The highest BCUT2D eigenvalue weighted by Gasteiger charge is 2.33. The van der Waals surface area contributed by atoms with Crippen molar-refractivity contribution in [2.24, 2.45) is 11.5 Å². The summed E-state index contributed by atoms with van der Waals surface area (Å²) in [6.07, 6.45) is 5.30. The number of guanidine groups is 1. The summed E-state index contributed by atoms with van der Waals surface area (Å²) in [5.74, 6) is -1.60. The first-order valence-electron chi connectivity index (χ1n) is 12.3. The molecule has 9 heteroatoms. The fourth-order valence-corrected chi connectivity index (χ4v) is 4.58. The number of rotatable bonds is 14. The van der Waals surface area contributed by atoms with E-state index in [2.05, 4.69) is 16.8 Å². The largest absolute Gasteiger partial charge is 0.550 e. The Kier molecular flexibility index (Phi) is 9.05. The zero-order valence-electron chi connectivity index (χ0n) is 20.3. The smallest absolute Gasteiger partial charge is 0.338 e. The number of carboxylic acid groups (broad SMARTS) is 1. The Hall–Kier alpha value is -3.62. The van der Waals surface area contributed by atoms with Crippen LogP contribution in [0.5, 0.6) is 0 Å². The molecule has 1 aliphatic rings. The third kappa shape index (κ3) is 6.29. The minimum atomic E-state index is -1.06. The molecule has 0 bridgehead atoms. The zero-order chi connectivity index (χ0) is 25.4. The third-order valence-corrected chi connectivity index (χ3v) is 6.29. The van der Waals surface area contributed by atoms with Gasteiger partial charge in [-0.3, -0.25) is 30.9 Å². The Labute approximate surface area is 205 Å². The Bertz CT molecular complexity index is 1090. The van der Waals surface area contributed by atoms with Crippen molar-refractivity contribution in [3.05, 3.63) is 41.5 Å². The highest BCUT2D eigenvalue weighted by Crippen LogP contribution is 2.36. The van der Waals surface area contributed by atoms with Gasteiger partial charge in [0.1, 0.15) is 0 Å². The van der Waals surface area contributed by atoms with E-state index in [0.29, 0.717) is 42.4 Å². The lowest BCUT2D eigenvalue weighted by atomic mass is 9.92. The maximum atomic E-state index is 13.3. The number of unbranched alkanes of at least 4 members (excludes halogenated alkanes) is 3. The van der Waals surface area contributed by atoms with Crippen molar-refractivity contribution in [1.29, 1.82) is 0 Å². The van der Waals surface area contributed by atoms with Gasteiger partial charge >= 0.3 is 5.96 Å². The molecule has 2 amide bonds. The summed E-state index contributed by atoms with van der Waals surface area (Å²) in [5, 5.41) is 12.5. The number of imide groups is 1. The second-order valence-electron chi connectivity index (χ2n) is 8.88. The van der Waals surface area contributed by atoms with Crippen LogP contribution in [0.2, 0.25) is 0 Å². The monoisotopic (exact) mass is 481 g/mol. The van der Waals surface area contributed by atoms with Crippen molar-refractivity contribution in [3.8, 4) is 0 Å². The molecule has 188 valence electrons. The number of nitrogens with zero attached hydrogens (tertiary/aromatic N) is 2. The van der Waals surface area contributed by atoms with E-state index in [4.69, 9.17) is 11.5 Å². The van der Waals surface area contributed by atoms with Gasteiger partial charge in [-0.15, -0.1) is 0 Å². The number of benzene rings is 2. The molecule has 0 fully saturated rings. The molecule has 0 spiro atoms. The van der Waals surface area contributed by atoms with Crippen LogP contribution in [0.1, 0.15) is 72.6 Å². The Balaban J connectivity index is 1.92. The van der Waals surface area contributed by atoms with Crippen LogP contribution < -0.4 is 26.5 Å². The van der Waals surface area contributed by atoms with E-state index in [-0.39, 0.29) is 30.7 Å². The summed E-state index contributed by atoms with van der Waals surface area (Å²) >= 11 is 0. The molecule has 0 unspecified atom stereocenters. The van der Waals surface area contributed by atoms with E-state index >= 15 is 0 Å². The molecule has 2 aromatic rings. The number of hydrogen-bond acceptors (Lipinski definition) is 5. The minimum absolute atomic E-state index is 0.0128. The van der Waals surface area contributed by atoms with Crippen LogP contribution in [0.3, 0.4) is 0 Å². The SMILES string of the molecule is CCCCCCN(CCCC(=O)[O-])c1ccc2c3c(cccc13)C(=O)N(CCC[NH+]=C(N)N)C2=O. The van der Waals surface area contributed by atoms with Crippen molar-refractivity contribution >= 4 is 40.2 Å². The van der Waals surface area contributed by atoms with Crippen LogP contribution in [0.15, 0.2) is 30.3 Å². The predicted molar refractivity (Wildman–Crippen MR) is 134 cm³/mol. The van der Waals surface area contributed by atoms with Crippen molar-refractivity contribution in [2.45, 2.75) is 51.9 Å². The number of nitrogens with one attached hydrogen (secondary N) is 1. The molecule has 0 saturated heterocycles. The number of carboxylic acids is 1. The lowest BCUT2D eigenvalue weighted by Crippen LogP contribution is -2.78. The lowest BCUT2D eigenvalue weighted by Gasteiger charge is -2.31. The van der Waals surface area contributed by atoms with Gasteiger partial charge in [0.25, 0.3) is 11.8 Å². The maximum Gasteiger partial charge on any atom is 0.338 e. The van der Waals surface area contributed by atoms with Crippen LogP contribution in [0, 0.1) is 0 Å². The number of nitrogens with two attached hydrogens (primary N) is 2. The molecular weight excluding hydrogens is 446 g/mol. The van der Waals surface area contributed by atoms with Gasteiger partial charge in [0.05, 0.1) is 6.54 Å². The van der Waals surface area contributed by atoms with Crippen molar-refractivity contribution < 1.29 is 24.5 Å². The maximum absolute atomic E-state index is 13.3. The van der Waals surface area contributed by atoms with Crippen LogP contribution in [0.25, 0.3) is 10.8 Å². The summed E-state index contributed by atoms with van der Waals surface area (Å²) in [4.78, 5) is 43.7. The van der Waals surface area contributed by atoms with Crippen LogP contribution in [-0.4, -0.2) is 54.8 Å². The summed E-state index contributed by atoms with van der Waals surface area (Å²) in [7, 11) is 0. The molecular formula is C26H35N5O4. The summed E-state index contributed by atoms with van der Waals surface area (Å²) in [6, 6.07) is 9.21. The van der Waals surface area contributed by atoms with E-state index in [1.807, 2.05) is 18.2 Å². The molecule has 9 nitrogen and oxygen atoms in total. The van der Waals surface area contributed by atoms with Gasteiger partial charge in [-0.2, -0.15) is 0 Å². The highest BCUT2D eigenvalue weighted by atomic mass is 16.4. The van der Waals surface area contributed by atoms with Gasteiger partial charge in [-0.1, -0.05) is 38.3 Å². The second kappa shape index (κ2) is 12.2. The molecule has 0 saturated carbocycles. The summed E-state index contributed by atoms with van der Waals surface area (Å²) < 4.78 is 0. The molecule has 0 radical (unpaired) electrons. The first-order valence-corrected chi connectivity index (χ1v) is 12.3.